The molecule has 0 spiro atoms. The van der Waals surface area contributed by atoms with Gasteiger partial charge in [-0.25, -0.2) is 0 Å². The van der Waals surface area contributed by atoms with Crippen molar-refractivity contribution < 1.29 is 9.36 Å². The zero-order valence-electron chi connectivity index (χ0n) is 18.6. The summed E-state index contributed by atoms with van der Waals surface area (Å²) >= 11 is 0. The van der Waals surface area contributed by atoms with Gasteiger partial charge in [0.2, 0.25) is 8.32 Å². The third-order valence-corrected chi connectivity index (χ3v) is 10.1. The first-order valence-corrected chi connectivity index (χ1v) is 13.3. The zero-order valence-corrected chi connectivity index (χ0v) is 19.6. The highest BCUT2D eigenvalue weighted by Crippen LogP contribution is 2.42. The van der Waals surface area contributed by atoms with E-state index < -0.39 is 8.32 Å². The molecular weight excluding hydrogens is 352 g/mol. The van der Waals surface area contributed by atoms with E-state index in [2.05, 4.69) is 90.3 Å². The van der Waals surface area contributed by atoms with Crippen molar-refractivity contribution in [1.29, 1.82) is 0 Å². The molecule has 1 aromatic rings. The van der Waals surface area contributed by atoms with Crippen molar-refractivity contribution in [2.24, 2.45) is 0 Å². The summed E-state index contributed by atoms with van der Waals surface area (Å²) in [7, 11) is -2.01. The fraction of sp³-hybridized carbons (Fsp3) is 0.727. The Kier molecular flexibility index (Phi) is 7.31. The Morgan fingerprint density at radius 3 is 2.41 bits per heavy atom. The smallest absolute Gasteiger partial charge is 0.223 e. The van der Waals surface area contributed by atoms with Crippen LogP contribution >= 0.6 is 0 Å². The van der Waals surface area contributed by atoms with Crippen LogP contribution in [-0.2, 0) is 9.36 Å². The van der Waals surface area contributed by atoms with Gasteiger partial charge >= 0.3 is 0 Å². The minimum Gasteiger partial charge on any atom is -0.319 e. The second kappa shape index (κ2) is 8.74. The molecule has 0 bridgehead atoms. The molecule has 27 heavy (non-hydrogen) atoms. The number of rotatable bonds is 7. The standard InChI is InChI=1S/C22H40N2O2Si/c1-9-10-16-23-20-19(18-14-12-11-13-15-18)17-22(5,6)25-24(20)26-27(7,8)21(2,3)4/h11-15,19-20,23H,9-10,16-17H2,1-8H3/t19-,20+/m1/s1. The van der Waals surface area contributed by atoms with Crippen molar-refractivity contribution in [2.45, 2.75) is 96.6 Å². The number of nitrogens with zero attached hydrogens (tertiary/aromatic N) is 1. The molecule has 1 fully saturated rings. The summed E-state index contributed by atoms with van der Waals surface area (Å²) in [6.45, 7) is 18.9. The number of unbranched alkanes of at least 4 members (excludes halogenated alkanes) is 1. The highest BCUT2D eigenvalue weighted by Gasteiger charge is 2.47. The Labute approximate surface area is 167 Å². The highest BCUT2D eigenvalue weighted by molar-refractivity contribution is 6.74. The van der Waals surface area contributed by atoms with Gasteiger partial charge in [0.1, 0.15) is 6.17 Å². The third kappa shape index (κ3) is 5.88. The van der Waals surface area contributed by atoms with Crippen molar-refractivity contribution in [2.75, 3.05) is 6.54 Å². The summed E-state index contributed by atoms with van der Waals surface area (Å²) in [5.74, 6) is 0.316. The van der Waals surface area contributed by atoms with Crippen molar-refractivity contribution in [3.05, 3.63) is 35.9 Å². The predicted octanol–water partition coefficient (Wildman–Crippen LogP) is 5.84. The van der Waals surface area contributed by atoms with Gasteiger partial charge in [-0.3, -0.25) is 10.2 Å². The molecule has 1 aliphatic rings. The summed E-state index contributed by atoms with van der Waals surface area (Å²) in [6, 6.07) is 10.8. The quantitative estimate of drug-likeness (QED) is 0.467. The Morgan fingerprint density at radius 1 is 1.22 bits per heavy atom. The summed E-state index contributed by atoms with van der Waals surface area (Å²) in [5, 5.41) is 5.68. The Balaban J connectivity index is 2.34. The van der Waals surface area contributed by atoms with Gasteiger partial charge in [0.15, 0.2) is 0 Å². The van der Waals surface area contributed by atoms with Crippen LogP contribution in [0.15, 0.2) is 30.3 Å². The van der Waals surface area contributed by atoms with Crippen LogP contribution in [0.1, 0.15) is 72.3 Å². The number of nitrogens with one attached hydrogen (secondary N) is 1. The number of hydrogen-bond donors (Lipinski definition) is 1. The highest BCUT2D eigenvalue weighted by atomic mass is 28.4. The summed E-state index contributed by atoms with van der Waals surface area (Å²) in [4.78, 5) is 6.38. The molecular formula is C22H40N2O2Si. The van der Waals surface area contributed by atoms with Crippen molar-refractivity contribution in [1.82, 2.24) is 10.5 Å². The molecule has 2 atom stereocenters. The maximum absolute atomic E-state index is 6.66. The lowest BCUT2D eigenvalue weighted by Crippen LogP contribution is -2.61. The first-order valence-electron chi connectivity index (χ1n) is 10.4. The lowest BCUT2D eigenvalue weighted by Gasteiger charge is -2.50. The molecule has 0 unspecified atom stereocenters. The largest absolute Gasteiger partial charge is 0.319 e. The Bertz CT molecular complexity index is 584. The van der Waals surface area contributed by atoms with Crippen LogP contribution in [0.25, 0.3) is 0 Å². The molecule has 0 aromatic heterocycles. The molecule has 0 aliphatic carbocycles. The average Bonchev–Trinajstić information content (AvgIpc) is 2.55. The van der Waals surface area contributed by atoms with Gasteiger partial charge in [-0.1, -0.05) is 69.7 Å². The minimum absolute atomic E-state index is 0.0149. The Hall–Kier alpha value is -0.723. The molecule has 1 heterocycles. The first kappa shape index (κ1) is 22.6. The van der Waals surface area contributed by atoms with E-state index >= 15 is 0 Å². The van der Waals surface area contributed by atoms with E-state index in [0.29, 0.717) is 5.92 Å². The molecule has 4 nitrogen and oxygen atoms in total. The number of benzene rings is 1. The van der Waals surface area contributed by atoms with Crippen LogP contribution in [0, 0.1) is 0 Å². The van der Waals surface area contributed by atoms with Gasteiger partial charge in [0, 0.05) is 5.92 Å². The molecule has 5 heteroatoms. The topological polar surface area (TPSA) is 33.7 Å². The predicted molar refractivity (Wildman–Crippen MR) is 116 cm³/mol. The monoisotopic (exact) mass is 392 g/mol. The summed E-state index contributed by atoms with van der Waals surface area (Å²) in [5.41, 5.74) is 1.07. The van der Waals surface area contributed by atoms with Crippen LogP contribution in [0.5, 0.6) is 0 Å². The fourth-order valence-corrected chi connectivity index (χ4v) is 4.08. The van der Waals surface area contributed by atoms with Crippen LogP contribution in [-0.4, -0.2) is 31.9 Å². The second-order valence-corrected chi connectivity index (χ2v) is 14.7. The normalized spacial score (nSPS) is 24.1. The zero-order chi connectivity index (χ0) is 20.3. The molecule has 0 amide bonds. The van der Waals surface area contributed by atoms with E-state index in [0.717, 1.165) is 19.4 Å². The summed E-state index contributed by atoms with van der Waals surface area (Å²) in [6.07, 6.45) is 3.29. The molecule has 1 N–H and O–H groups in total. The van der Waals surface area contributed by atoms with Gasteiger partial charge in [-0.2, -0.15) is 0 Å². The van der Waals surface area contributed by atoms with E-state index in [9.17, 15) is 0 Å². The average molecular weight is 393 g/mol. The molecule has 0 saturated carbocycles. The first-order chi connectivity index (χ1) is 12.5. The van der Waals surface area contributed by atoms with Gasteiger partial charge < -0.3 is 4.53 Å². The van der Waals surface area contributed by atoms with Gasteiger partial charge in [0.25, 0.3) is 0 Å². The van der Waals surface area contributed by atoms with Gasteiger partial charge in [0.05, 0.1) is 5.60 Å². The van der Waals surface area contributed by atoms with Crippen LogP contribution in [0.2, 0.25) is 18.1 Å². The third-order valence-electron chi connectivity index (χ3n) is 5.89. The van der Waals surface area contributed by atoms with Crippen LogP contribution in [0.4, 0.5) is 0 Å². The number of hydroxylamine groups is 2. The van der Waals surface area contributed by atoms with Gasteiger partial charge in [-0.05, 0) is 56.9 Å². The maximum Gasteiger partial charge on any atom is 0.223 e. The van der Waals surface area contributed by atoms with Gasteiger partial charge in [-0.15, -0.1) is 0 Å². The van der Waals surface area contributed by atoms with E-state index in [1.165, 1.54) is 12.0 Å². The lowest BCUT2D eigenvalue weighted by atomic mass is 9.84. The van der Waals surface area contributed by atoms with E-state index in [-0.39, 0.29) is 16.8 Å². The molecule has 1 aromatic carbocycles. The molecule has 154 valence electrons. The number of hydrogen-bond acceptors (Lipinski definition) is 4. The fourth-order valence-electron chi connectivity index (χ4n) is 3.21. The van der Waals surface area contributed by atoms with Crippen molar-refractivity contribution in [3.8, 4) is 0 Å². The second-order valence-electron chi connectivity index (χ2n) is 9.96. The minimum atomic E-state index is -2.01. The van der Waals surface area contributed by atoms with Crippen LogP contribution < -0.4 is 5.32 Å². The van der Waals surface area contributed by atoms with E-state index in [1.807, 2.05) is 5.23 Å². The summed E-state index contributed by atoms with van der Waals surface area (Å²) < 4.78 is 6.66. The van der Waals surface area contributed by atoms with Crippen molar-refractivity contribution in [3.63, 3.8) is 0 Å². The van der Waals surface area contributed by atoms with Crippen LogP contribution in [0.3, 0.4) is 0 Å². The maximum atomic E-state index is 6.66. The molecule has 2 rings (SSSR count). The lowest BCUT2D eigenvalue weighted by molar-refractivity contribution is -0.415. The molecule has 1 aliphatic heterocycles. The van der Waals surface area contributed by atoms with E-state index in [4.69, 9.17) is 9.36 Å². The van der Waals surface area contributed by atoms with Crippen molar-refractivity contribution >= 4 is 8.32 Å². The Morgan fingerprint density at radius 2 is 1.85 bits per heavy atom. The SMILES string of the molecule is CCCCN[C@@H]1[C@@H](c2ccccc2)CC(C)(C)ON1O[Si](C)(C)C(C)(C)C. The molecule has 0 radical (unpaired) electrons. The molecule has 1 saturated heterocycles. The van der Waals surface area contributed by atoms with E-state index in [1.54, 1.807) is 0 Å².